The summed E-state index contributed by atoms with van der Waals surface area (Å²) >= 11 is 0. The molecule has 0 saturated carbocycles. The van der Waals surface area contributed by atoms with E-state index in [1.807, 2.05) is 44.4 Å². The van der Waals surface area contributed by atoms with Gasteiger partial charge in [-0.3, -0.25) is 4.79 Å². The van der Waals surface area contributed by atoms with E-state index in [2.05, 4.69) is 43.1 Å². The van der Waals surface area contributed by atoms with Gasteiger partial charge in [-0.05, 0) is 48.8 Å². The van der Waals surface area contributed by atoms with Crippen molar-refractivity contribution in [2.75, 3.05) is 32.6 Å². The fourth-order valence-corrected chi connectivity index (χ4v) is 3.14. The Bertz CT molecular complexity index is 880. The van der Waals surface area contributed by atoms with Gasteiger partial charge < -0.3 is 19.7 Å². The van der Waals surface area contributed by atoms with Crippen molar-refractivity contribution in [2.24, 2.45) is 0 Å². The second-order valence-electron chi connectivity index (χ2n) is 8.67. The van der Waals surface area contributed by atoms with Crippen molar-refractivity contribution in [3.63, 3.8) is 0 Å². The van der Waals surface area contributed by atoms with E-state index in [9.17, 15) is 4.79 Å². The molecule has 0 aromatic heterocycles. The van der Waals surface area contributed by atoms with E-state index in [1.165, 1.54) is 11.6 Å². The first-order valence-electron chi connectivity index (χ1n) is 9.88. The number of amides is 1. The molecule has 1 N–H and O–H groups in total. The maximum absolute atomic E-state index is 12.3. The maximum Gasteiger partial charge on any atom is 0.248 e. The Kier molecular flexibility index (Phi) is 6.28. The number of fused-ring (bicyclic) bond motifs is 1. The van der Waals surface area contributed by atoms with Crippen molar-refractivity contribution in [2.45, 2.75) is 32.3 Å². The standard InChI is InChI=1S/C24H30N2O3/c1-24(2,3)18-9-6-17(7-10-18)8-13-23(27)25-19-11-12-21-22(14-19)28-16-20(29-21)15-26(4)5/h6-14,20H,15-16H2,1-5H3,(H,25,27)/b13-8+/t20-/m1/s1. The number of nitrogens with one attached hydrogen (secondary N) is 1. The second-order valence-corrected chi connectivity index (χ2v) is 8.67. The molecule has 5 nitrogen and oxygen atoms in total. The molecule has 0 bridgehead atoms. The normalized spacial score (nSPS) is 16.3. The molecule has 2 aromatic carbocycles. The molecule has 1 aliphatic heterocycles. The summed E-state index contributed by atoms with van der Waals surface area (Å²) in [6, 6.07) is 13.7. The molecule has 1 heterocycles. The van der Waals surface area contributed by atoms with E-state index < -0.39 is 0 Å². The summed E-state index contributed by atoms with van der Waals surface area (Å²) in [5.41, 5.74) is 3.05. The zero-order valence-electron chi connectivity index (χ0n) is 17.9. The second kappa shape index (κ2) is 8.70. The van der Waals surface area contributed by atoms with Gasteiger partial charge in [0.15, 0.2) is 11.5 Å². The summed E-state index contributed by atoms with van der Waals surface area (Å²) in [5, 5.41) is 2.87. The van der Waals surface area contributed by atoms with Crippen LogP contribution in [0.25, 0.3) is 6.08 Å². The Labute approximate surface area is 173 Å². The number of carbonyl (C=O) groups is 1. The summed E-state index contributed by atoms with van der Waals surface area (Å²) in [6.07, 6.45) is 3.35. The van der Waals surface area contributed by atoms with Crippen molar-refractivity contribution in [3.8, 4) is 11.5 Å². The maximum atomic E-state index is 12.3. The Morgan fingerprint density at radius 1 is 1.14 bits per heavy atom. The zero-order valence-corrected chi connectivity index (χ0v) is 17.9. The summed E-state index contributed by atoms with van der Waals surface area (Å²) in [7, 11) is 4.01. The number of benzene rings is 2. The average Bonchev–Trinajstić information content (AvgIpc) is 2.65. The highest BCUT2D eigenvalue weighted by Crippen LogP contribution is 2.34. The average molecular weight is 395 g/mol. The third kappa shape index (κ3) is 5.84. The predicted octanol–water partition coefficient (Wildman–Crippen LogP) is 4.34. The summed E-state index contributed by atoms with van der Waals surface area (Å²) in [4.78, 5) is 14.3. The monoisotopic (exact) mass is 394 g/mol. The molecule has 0 fully saturated rings. The molecule has 3 rings (SSSR count). The van der Waals surface area contributed by atoms with E-state index in [1.54, 1.807) is 6.07 Å². The van der Waals surface area contributed by atoms with Crippen LogP contribution in [0.15, 0.2) is 48.5 Å². The van der Waals surface area contributed by atoms with Gasteiger partial charge in [0, 0.05) is 24.4 Å². The third-order valence-corrected chi connectivity index (χ3v) is 4.70. The van der Waals surface area contributed by atoms with Crippen LogP contribution in [0.3, 0.4) is 0 Å². The summed E-state index contributed by atoms with van der Waals surface area (Å²) in [5.74, 6) is 1.17. The topological polar surface area (TPSA) is 50.8 Å². The highest BCUT2D eigenvalue weighted by atomic mass is 16.6. The Balaban J connectivity index is 1.59. The summed E-state index contributed by atoms with van der Waals surface area (Å²) in [6.45, 7) is 7.83. The van der Waals surface area contributed by atoms with Crippen LogP contribution in [0.4, 0.5) is 5.69 Å². The number of rotatable bonds is 5. The Morgan fingerprint density at radius 3 is 2.52 bits per heavy atom. The smallest absolute Gasteiger partial charge is 0.248 e. The van der Waals surface area contributed by atoms with Crippen LogP contribution < -0.4 is 14.8 Å². The van der Waals surface area contributed by atoms with Gasteiger partial charge in [0.2, 0.25) is 5.91 Å². The lowest BCUT2D eigenvalue weighted by Gasteiger charge is -2.28. The molecule has 0 spiro atoms. The van der Waals surface area contributed by atoms with Gasteiger partial charge in [-0.15, -0.1) is 0 Å². The molecular formula is C24H30N2O3. The van der Waals surface area contributed by atoms with Crippen molar-refractivity contribution in [1.29, 1.82) is 0 Å². The lowest BCUT2D eigenvalue weighted by molar-refractivity contribution is -0.111. The molecule has 1 amide bonds. The third-order valence-electron chi connectivity index (χ3n) is 4.70. The van der Waals surface area contributed by atoms with E-state index in [-0.39, 0.29) is 17.4 Å². The van der Waals surface area contributed by atoms with Crippen LogP contribution in [-0.2, 0) is 10.2 Å². The van der Waals surface area contributed by atoms with Crippen LogP contribution in [0, 0.1) is 0 Å². The van der Waals surface area contributed by atoms with Crippen molar-refractivity contribution in [1.82, 2.24) is 4.90 Å². The van der Waals surface area contributed by atoms with Gasteiger partial charge in [0.05, 0.1) is 0 Å². The Morgan fingerprint density at radius 2 is 1.86 bits per heavy atom. The van der Waals surface area contributed by atoms with Gasteiger partial charge >= 0.3 is 0 Å². The van der Waals surface area contributed by atoms with Crippen LogP contribution in [0.5, 0.6) is 11.5 Å². The molecule has 5 heteroatoms. The van der Waals surface area contributed by atoms with Crippen LogP contribution in [0.1, 0.15) is 31.9 Å². The zero-order chi connectivity index (χ0) is 21.0. The van der Waals surface area contributed by atoms with Gasteiger partial charge in [-0.1, -0.05) is 45.0 Å². The molecule has 1 atom stereocenters. The number of hydrogen-bond acceptors (Lipinski definition) is 4. The molecule has 0 unspecified atom stereocenters. The Hall–Kier alpha value is -2.79. The van der Waals surface area contributed by atoms with E-state index in [4.69, 9.17) is 9.47 Å². The first kappa shape index (κ1) is 20.9. The van der Waals surface area contributed by atoms with Crippen molar-refractivity contribution in [3.05, 3.63) is 59.7 Å². The number of ether oxygens (including phenoxy) is 2. The minimum absolute atomic E-state index is 0.00514. The fraction of sp³-hybridized carbons (Fsp3) is 0.375. The van der Waals surface area contributed by atoms with Crippen molar-refractivity contribution >= 4 is 17.7 Å². The molecule has 154 valence electrons. The molecule has 0 radical (unpaired) electrons. The van der Waals surface area contributed by atoms with Crippen molar-refractivity contribution < 1.29 is 14.3 Å². The number of likely N-dealkylation sites (N-methyl/N-ethyl adjacent to an activating group) is 1. The molecule has 0 aliphatic carbocycles. The van der Waals surface area contributed by atoms with E-state index >= 15 is 0 Å². The molecule has 0 saturated heterocycles. The molecular weight excluding hydrogens is 364 g/mol. The number of anilines is 1. The van der Waals surface area contributed by atoms with Crippen LogP contribution in [-0.4, -0.2) is 44.2 Å². The molecule has 1 aliphatic rings. The predicted molar refractivity (Wildman–Crippen MR) is 118 cm³/mol. The van der Waals surface area contributed by atoms with Gasteiger partial charge in [0.25, 0.3) is 0 Å². The number of nitrogens with zero attached hydrogens (tertiary/aromatic N) is 1. The minimum atomic E-state index is -0.188. The summed E-state index contributed by atoms with van der Waals surface area (Å²) < 4.78 is 11.8. The van der Waals surface area contributed by atoms with E-state index in [0.29, 0.717) is 23.8 Å². The van der Waals surface area contributed by atoms with Gasteiger partial charge in [0.1, 0.15) is 12.7 Å². The molecule has 2 aromatic rings. The lowest BCUT2D eigenvalue weighted by atomic mass is 9.87. The first-order valence-corrected chi connectivity index (χ1v) is 9.88. The molecule has 29 heavy (non-hydrogen) atoms. The fourth-order valence-electron chi connectivity index (χ4n) is 3.14. The van der Waals surface area contributed by atoms with E-state index in [0.717, 1.165) is 12.1 Å². The first-order chi connectivity index (χ1) is 13.7. The largest absolute Gasteiger partial charge is 0.486 e. The van der Waals surface area contributed by atoms with Gasteiger partial charge in [-0.2, -0.15) is 0 Å². The quantitative estimate of drug-likeness (QED) is 0.767. The number of carbonyl (C=O) groups excluding carboxylic acids is 1. The highest BCUT2D eigenvalue weighted by Gasteiger charge is 2.22. The lowest BCUT2D eigenvalue weighted by Crippen LogP contribution is -2.38. The van der Waals surface area contributed by atoms with Gasteiger partial charge in [-0.25, -0.2) is 0 Å². The van der Waals surface area contributed by atoms with Crippen LogP contribution in [0.2, 0.25) is 0 Å². The number of hydrogen-bond donors (Lipinski definition) is 1. The highest BCUT2D eigenvalue weighted by molar-refractivity contribution is 6.02. The minimum Gasteiger partial charge on any atom is -0.486 e. The SMILES string of the molecule is CN(C)C[C@@H]1COc2cc(NC(=O)/C=C/c3ccc(C(C)(C)C)cc3)ccc2O1. The van der Waals surface area contributed by atoms with Crippen LogP contribution >= 0.6 is 0 Å².